The number of hydrogen-bond acceptors (Lipinski definition) is 0. The largest absolute Gasteiger partial charge is 0.344 e. The Morgan fingerprint density at radius 1 is 1.75 bits per heavy atom. The summed E-state index contributed by atoms with van der Waals surface area (Å²) in [6.07, 6.45) is 1.00. The van der Waals surface area contributed by atoms with Crippen molar-refractivity contribution in [3.8, 4) is 0 Å². The molecule has 0 fully saturated rings. The van der Waals surface area contributed by atoms with Crippen LogP contribution in [0.25, 0.3) is 0 Å². The predicted octanol–water partition coefficient (Wildman–Crippen LogP) is 1.23. The zero-order valence-corrected chi connectivity index (χ0v) is 7.08. The van der Waals surface area contributed by atoms with Crippen LogP contribution in [0.1, 0.15) is 13.3 Å². The van der Waals surface area contributed by atoms with Crippen LogP contribution < -0.4 is 0 Å². The first-order valence-electron chi connectivity index (χ1n) is 1.21. The summed E-state index contributed by atoms with van der Waals surface area (Å²) >= 11 is 0. The summed E-state index contributed by atoms with van der Waals surface area (Å²) in [5, 5.41) is 0. The molecule has 0 aliphatic carbocycles. The third kappa shape index (κ3) is 11.6. The van der Waals surface area contributed by atoms with Gasteiger partial charge in [-0.05, 0) is 0 Å². The average Bonchev–Trinajstić information content (AvgIpc) is 0.918. The van der Waals surface area contributed by atoms with E-state index in [4.69, 9.17) is 0 Å². The van der Waals surface area contributed by atoms with Crippen LogP contribution >= 0.6 is 0 Å². The van der Waals surface area contributed by atoms with E-state index in [0.717, 1.165) is 6.42 Å². The van der Waals surface area contributed by atoms with E-state index in [9.17, 15) is 0 Å². The molecule has 0 unspecified atom stereocenters. The van der Waals surface area contributed by atoms with Crippen molar-refractivity contribution in [2.45, 2.75) is 13.3 Å². The van der Waals surface area contributed by atoms with Gasteiger partial charge in [-0.15, -0.1) is 0 Å². The molecule has 0 heterocycles. The molecule has 0 aromatic carbocycles. The second-order valence-electron chi connectivity index (χ2n) is 0.500. The second kappa shape index (κ2) is 8.96. The fourth-order valence-electron chi connectivity index (χ4n) is 0. The van der Waals surface area contributed by atoms with Gasteiger partial charge in [-0.25, -0.2) is 0 Å². The van der Waals surface area contributed by atoms with Crippen LogP contribution in [0.5, 0.6) is 0 Å². The molecule has 0 amide bonds. The van der Waals surface area contributed by atoms with E-state index in [0.29, 0.717) is 0 Å². The third-order valence-electron chi connectivity index (χ3n) is 0. The maximum atomic E-state index is 3.49. The van der Waals surface area contributed by atoms with Crippen molar-refractivity contribution in [2.75, 3.05) is 0 Å². The van der Waals surface area contributed by atoms with Crippen molar-refractivity contribution < 1.29 is 31.1 Å². The summed E-state index contributed by atoms with van der Waals surface area (Å²) < 4.78 is 0. The van der Waals surface area contributed by atoms with Gasteiger partial charge < -0.3 is 6.92 Å². The molecule has 0 atom stereocenters. The van der Waals surface area contributed by atoms with E-state index in [-0.39, 0.29) is 31.1 Å². The molecule has 0 saturated carbocycles. The van der Waals surface area contributed by atoms with Gasteiger partial charge >= 0.3 is 0 Å². The van der Waals surface area contributed by atoms with E-state index in [1.807, 2.05) is 6.92 Å². The molecular weight excluding hydrogens is 274 g/mol. The first-order valence-corrected chi connectivity index (χ1v) is 1.21. The monoisotopic (exact) mass is 281 g/mol. The van der Waals surface area contributed by atoms with E-state index < -0.39 is 0 Å². The second-order valence-corrected chi connectivity index (χ2v) is 0.500. The van der Waals surface area contributed by atoms with Crippen molar-refractivity contribution in [3.63, 3.8) is 0 Å². The fraction of sp³-hybridized carbons (Fsp3) is 0.667. The van der Waals surface area contributed by atoms with Crippen LogP contribution in [-0.2, 0) is 0 Å². The van der Waals surface area contributed by atoms with Gasteiger partial charge in [0, 0.05) is 31.1 Å². The van der Waals surface area contributed by atoms with E-state index >= 15 is 0 Å². The van der Waals surface area contributed by atoms with Gasteiger partial charge in [-0.3, -0.25) is 0 Å². The van der Waals surface area contributed by atoms with Crippen molar-refractivity contribution in [1.29, 1.82) is 0 Å². The minimum Gasteiger partial charge on any atom is -0.344 e. The van der Waals surface area contributed by atoms with Crippen molar-refractivity contribution >= 4 is 0 Å². The molecule has 0 spiro atoms. The summed E-state index contributed by atoms with van der Waals surface area (Å²) in [6, 6.07) is 0. The van der Waals surface area contributed by atoms with Crippen molar-refractivity contribution in [3.05, 3.63) is 6.92 Å². The van der Waals surface area contributed by atoms with Gasteiger partial charge in [0.1, 0.15) is 0 Å². The molecule has 4 heavy (non-hydrogen) atoms. The van der Waals surface area contributed by atoms with E-state index in [1.165, 1.54) is 0 Å². The van der Waals surface area contributed by atoms with Gasteiger partial charge in [0.2, 0.25) is 0 Å². The zero-order valence-electron chi connectivity index (χ0n) is 2.91. The molecule has 0 aromatic rings. The third-order valence-corrected chi connectivity index (χ3v) is 0. The van der Waals surface area contributed by atoms with Gasteiger partial charge in [0.25, 0.3) is 0 Å². The average molecular weight is 281 g/mol. The minimum absolute atomic E-state index is 0. The molecule has 0 nitrogen and oxygen atoms in total. The van der Waals surface area contributed by atoms with Crippen LogP contribution in [0.3, 0.4) is 0 Å². The smallest absolute Gasteiger partial charge is 0 e. The maximum absolute atomic E-state index is 3.49. The Morgan fingerprint density at radius 2 is 1.75 bits per heavy atom. The molecule has 0 N–H and O–H groups in total. The van der Waals surface area contributed by atoms with Gasteiger partial charge in [0.05, 0.1) is 0 Å². The molecule has 1 heteroatoms. The Kier molecular flexibility index (Phi) is 20.0. The van der Waals surface area contributed by atoms with E-state index in [2.05, 4.69) is 6.92 Å². The van der Waals surface area contributed by atoms with Gasteiger partial charge in [-0.2, -0.15) is 6.42 Å². The Morgan fingerprint density at radius 3 is 1.75 bits per heavy atom. The zero-order chi connectivity index (χ0) is 2.71. The molecule has 0 bridgehead atoms. The Bertz CT molecular complexity index is 3.25. The summed E-state index contributed by atoms with van der Waals surface area (Å²) in [6.45, 7) is 5.50. The first-order chi connectivity index (χ1) is 1.41. The molecule has 0 aliphatic heterocycles. The van der Waals surface area contributed by atoms with Crippen LogP contribution in [0.4, 0.5) is 0 Å². The normalized spacial score (nSPS) is 4.50. The van der Waals surface area contributed by atoms with E-state index in [1.54, 1.807) is 0 Å². The SMILES string of the molecule is [CH2-]CC.[U]. The Hall–Kier alpha value is 1.05. The topological polar surface area (TPSA) is 0 Å². The van der Waals surface area contributed by atoms with Crippen LogP contribution in [0.15, 0.2) is 0 Å². The predicted molar refractivity (Wildman–Crippen MR) is 15.6 cm³/mol. The number of hydrogen-bond donors (Lipinski definition) is 0. The molecule has 0 aliphatic rings. The van der Waals surface area contributed by atoms with Crippen LogP contribution in [0, 0.1) is 38.0 Å². The fourth-order valence-corrected chi connectivity index (χ4v) is 0. The van der Waals surface area contributed by atoms with Gasteiger partial charge in [0.15, 0.2) is 0 Å². The molecule has 0 radical (unpaired) electrons. The van der Waals surface area contributed by atoms with Crippen LogP contribution in [-0.4, -0.2) is 0 Å². The minimum atomic E-state index is 0. The van der Waals surface area contributed by atoms with Crippen molar-refractivity contribution in [2.24, 2.45) is 0 Å². The number of rotatable bonds is 0. The Balaban J connectivity index is 0. The summed E-state index contributed by atoms with van der Waals surface area (Å²) in [5.74, 6) is 0. The van der Waals surface area contributed by atoms with Gasteiger partial charge in [-0.1, -0.05) is 6.92 Å². The molecule has 0 rings (SSSR count). The Labute approximate surface area is 51.3 Å². The standard InChI is InChI=1S/C3H7.U/c1-3-2;/h1,3H2,2H3;/q-1;. The van der Waals surface area contributed by atoms with Crippen LogP contribution in [0.2, 0.25) is 0 Å². The molecule has 24 valence electrons. The quantitative estimate of drug-likeness (QED) is 0.586. The summed E-state index contributed by atoms with van der Waals surface area (Å²) in [4.78, 5) is 0. The summed E-state index contributed by atoms with van der Waals surface area (Å²) in [5.41, 5.74) is 0. The first kappa shape index (κ1) is 8.90. The molecule has 0 saturated heterocycles. The maximum Gasteiger partial charge on any atom is 0 e. The van der Waals surface area contributed by atoms with Crippen molar-refractivity contribution in [1.82, 2.24) is 0 Å². The summed E-state index contributed by atoms with van der Waals surface area (Å²) in [7, 11) is 0. The molecular formula is C3H7U-. The molecule has 0 aromatic heterocycles.